The second-order valence-corrected chi connectivity index (χ2v) is 17.0. The third-order valence-electron chi connectivity index (χ3n) is 9.49. The minimum atomic E-state index is -4.37. The molecule has 1 unspecified atom stereocenters. The number of nitro groups is 1. The Balaban J connectivity index is 1.67. The van der Waals surface area contributed by atoms with Crippen molar-refractivity contribution in [2.24, 2.45) is 0 Å². The average molecular weight is 798 g/mol. The summed E-state index contributed by atoms with van der Waals surface area (Å²) in [6, 6.07) is 2.13. The maximum absolute atomic E-state index is 12.8. The highest BCUT2D eigenvalue weighted by Crippen LogP contribution is 2.43. The van der Waals surface area contributed by atoms with E-state index in [4.69, 9.17) is 13.7 Å². The number of quaternary nitrogens is 1. The summed E-state index contributed by atoms with van der Waals surface area (Å²) in [7, 11) is 1.46. The first-order valence-electron chi connectivity index (χ1n) is 20.5. The number of phosphoric ester groups is 1. The van der Waals surface area contributed by atoms with Crippen molar-refractivity contribution < 1.29 is 42.4 Å². The number of carbonyl (C=O) groups excluding carboxylic acids is 1. The van der Waals surface area contributed by atoms with E-state index in [0.29, 0.717) is 35.2 Å². The fourth-order valence-corrected chi connectivity index (χ4v) is 6.84. The molecule has 3 atom stereocenters. The van der Waals surface area contributed by atoms with Gasteiger partial charge in [0.2, 0.25) is 11.4 Å². The molecule has 0 radical (unpaired) electrons. The lowest BCUT2D eigenvalue weighted by Gasteiger charge is -2.25. The smallest absolute Gasteiger partial charge is 0.387 e. The van der Waals surface area contributed by atoms with Gasteiger partial charge in [0, 0.05) is 19.0 Å². The second-order valence-electron chi connectivity index (χ2n) is 15.5. The normalized spacial score (nSPS) is 14.3. The molecule has 0 aliphatic heterocycles. The maximum Gasteiger partial charge on any atom is 0.472 e. The van der Waals surface area contributed by atoms with Crippen LogP contribution in [0.2, 0.25) is 0 Å². The number of benzene rings is 1. The number of hydrogen-bond acceptors (Lipinski definition) is 11. The van der Waals surface area contributed by atoms with E-state index in [2.05, 4.69) is 27.9 Å². The minimum absolute atomic E-state index is 0.0305. The van der Waals surface area contributed by atoms with Gasteiger partial charge < -0.3 is 25.1 Å². The van der Waals surface area contributed by atoms with Crippen LogP contribution in [0.3, 0.4) is 0 Å². The number of aliphatic hydroxyl groups excluding tert-OH is 1. The standard InChI is InChI=1S/C39H69N6O9P/c1-5-6-7-8-9-10-11-14-17-20-23-26-37(47)41-34(32-53-55(50,51)52-31-30-45(2,3)4)36(46)25-22-19-16-13-12-15-18-21-24-29-40-33-27-28-35(44(48)49)39-38(33)42-54-43-39/h22,25,27-28,34,36,46H,5-21,23-24,26,29-32H2,1-4H3,(H2-,40,41,43,47,50,51)/p+1/b25-22+/t34-,36+/m0/s1. The number of hydrogen-bond donors (Lipinski definition) is 4. The molecule has 1 heterocycles. The zero-order chi connectivity index (χ0) is 40.4. The van der Waals surface area contributed by atoms with Gasteiger partial charge in [0.05, 0.1) is 50.5 Å². The number of anilines is 1. The van der Waals surface area contributed by atoms with Gasteiger partial charge in [-0.2, -0.15) is 0 Å². The number of carbonyl (C=O) groups is 1. The Morgan fingerprint density at radius 2 is 1.49 bits per heavy atom. The molecule has 1 aromatic heterocycles. The zero-order valence-electron chi connectivity index (χ0n) is 33.9. The van der Waals surface area contributed by atoms with Crippen molar-refractivity contribution >= 4 is 36.1 Å². The number of nitrogens with one attached hydrogen (secondary N) is 2. The van der Waals surface area contributed by atoms with Gasteiger partial charge >= 0.3 is 13.5 Å². The van der Waals surface area contributed by atoms with Crippen LogP contribution in [0.1, 0.15) is 135 Å². The average Bonchev–Trinajstić information content (AvgIpc) is 3.62. The van der Waals surface area contributed by atoms with E-state index >= 15 is 0 Å². The van der Waals surface area contributed by atoms with Gasteiger partial charge in [-0.1, -0.05) is 115 Å². The SMILES string of the molecule is CCCCCCCCCCCCCC(=O)N[C@@H](COP(=O)(O)OCC[N+](C)(C)C)[C@H](O)/C=C/CCCCCCCCCNc1ccc([N+](=O)[O-])c2nonc12. The number of nitro benzene ring substituents is 1. The zero-order valence-corrected chi connectivity index (χ0v) is 34.8. The number of unbranched alkanes of at least 4 members (excludes halogenated alkanes) is 17. The number of rotatable bonds is 34. The molecule has 4 N–H and O–H groups in total. The van der Waals surface area contributed by atoms with Crippen molar-refractivity contribution in [2.75, 3.05) is 52.8 Å². The number of fused-ring (bicyclic) bond motifs is 1. The Hall–Kier alpha value is -2.94. The minimum Gasteiger partial charge on any atom is -0.387 e. The Kier molecular flexibility index (Phi) is 24.2. The van der Waals surface area contributed by atoms with E-state index < -0.39 is 24.9 Å². The molecule has 15 nitrogen and oxygen atoms in total. The molecule has 2 aromatic rings. The van der Waals surface area contributed by atoms with E-state index in [-0.39, 0.29) is 30.3 Å². The number of aliphatic hydroxyl groups is 1. The molecule has 1 amide bonds. The summed E-state index contributed by atoms with van der Waals surface area (Å²) in [5, 5.41) is 35.7. The fourth-order valence-electron chi connectivity index (χ4n) is 6.10. The molecule has 0 aliphatic carbocycles. The number of aromatic nitrogens is 2. The second kappa shape index (κ2) is 27.6. The summed E-state index contributed by atoms with van der Waals surface area (Å²) in [6.45, 7) is 3.11. The molecule has 0 aliphatic rings. The van der Waals surface area contributed by atoms with Crippen LogP contribution < -0.4 is 10.6 Å². The summed E-state index contributed by atoms with van der Waals surface area (Å²) in [6.07, 6.45) is 23.8. The van der Waals surface area contributed by atoms with E-state index in [1.807, 2.05) is 27.2 Å². The van der Waals surface area contributed by atoms with Crippen LogP contribution >= 0.6 is 7.82 Å². The molecule has 0 saturated heterocycles. The molecule has 0 bridgehead atoms. The molecule has 0 saturated carbocycles. The first kappa shape index (κ1) is 48.2. The molecule has 1 aromatic carbocycles. The monoisotopic (exact) mass is 797 g/mol. The van der Waals surface area contributed by atoms with Crippen molar-refractivity contribution in [1.82, 2.24) is 15.6 Å². The third-order valence-corrected chi connectivity index (χ3v) is 10.5. The van der Waals surface area contributed by atoms with Crippen LogP contribution in [-0.2, 0) is 18.4 Å². The van der Waals surface area contributed by atoms with Crippen LogP contribution in [0.5, 0.6) is 0 Å². The molecule has 55 heavy (non-hydrogen) atoms. The Bertz CT molecular complexity index is 1430. The maximum atomic E-state index is 12.8. The Morgan fingerprint density at radius 3 is 2.11 bits per heavy atom. The number of likely N-dealkylation sites (N-methyl/N-ethyl adjacent to an activating group) is 1. The molecular formula is C39H70N6O9P+. The van der Waals surface area contributed by atoms with Crippen molar-refractivity contribution in [3.63, 3.8) is 0 Å². The summed E-state index contributed by atoms with van der Waals surface area (Å²) < 4.78 is 28.2. The third kappa shape index (κ3) is 22.4. The first-order chi connectivity index (χ1) is 26.3. The van der Waals surface area contributed by atoms with Crippen LogP contribution in [0.4, 0.5) is 11.4 Å². The number of allylic oxidation sites excluding steroid dienone is 1. The highest BCUT2D eigenvalue weighted by atomic mass is 31.2. The highest BCUT2D eigenvalue weighted by Gasteiger charge is 2.28. The van der Waals surface area contributed by atoms with Crippen molar-refractivity contribution in [1.29, 1.82) is 0 Å². The van der Waals surface area contributed by atoms with Gasteiger partial charge in [0.15, 0.2) is 5.52 Å². The van der Waals surface area contributed by atoms with E-state index in [9.17, 15) is 29.5 Å². The lowest BCUT2D eigenvalue weighted by atomic mass is 10.0. The number of nitrogens with zero attached hydrogens (tertiary/aromatic N) is 4. The van der Waals surface area contributed by atoms with E-state index in [1.54, 1.807) is 12.1 Å². The molecule has 0 spiro atoms. The van der Waals surface area contributed by atoms with Gasteiger partial charge in [-0.25, -0.2) is 9.19 Å². The van der Waals surface area contributed by atoms with Crippen molar-refractivity contribution in [3.05, 3.63) is 34.4 Å². The lowest BCUT2D eigenvalue weighted by molar-refractivity contribution is -0.870. The largest absolute Gasteiger partial charge is 0.472 e. The first-order valence-corrected chi connectivity index (χ1v) is 22.0. The van der Waals surface area contributed by atoms with Crippen LogP contribution in [-0.4, -0.2) is 95.2 Å². The van der Waals surface area contributed by atoms with E-state index in [0.717, 1.165) is 70.6 Å². The van der Waals surface area contributed by atoms with Gasteiger partial charge in [0.25, 0.3) is 0 Å². The summed E-state index contributed by atoms with van der Waals surface area (Å²) in [4.78, 5) is 33.7. The molecule has 16 heteroatoms. The Morgan fingerprint density at radius 1 is 0.909 bits per heavy atom. The summed E-state index contributed by atoms with van der Waals surface area (Å²) in [5.41, 5.74) is 1.01. The van der Waals surface area contributed by atoms with Gasteiger partial charge in [-0.15, -0.1) is 0 Å². The summed E-state index contributed by atoms with van der Waals surface area (Å²) in [5.74, 6) is -0.220. The predicted molar refractivity (Wildman–Crippen MR) is 217 cm³/mol. The van der Waals surface area contributed by atoms with Crippen molar-refractivity contribution in [2.45, 2.75) is 147 Å². The molecule has 0 fully saturated rings. The molecule has 2 rings (SSSR count). The van der Waals surface area contributed by atoms with Gasteiger partial charge in [-0.05, 0) is 42.1 Å². The topological polar surface area (TPSA) is 199 Å². The number of non-ortho nitro benzene ring substituents is 1. The Labute approximate surface area is 328 Å². The van der Waals surface area contributed by atoms with Gasteiger partial charge in [-0.3, -0.25) is 24.0 Å². The summed E-state index contributed by atoms with van der Waals surface area (Å²) >= 11 is 0. The van der Waals surface area contributed by atoms with Gasteiger partial charge in [0.1, 0.15) is 13.2 Å². The lowest BCUT2D eigenvalue weighted by Crippen LogP contribution is -2.45. The molecular weight excluding hydrogens is 727 g/mol. The van der Waals surface area contributed by atoms with E-state index in [1.165, 1.54) is 57.4 Å². The predicted octanol–water partition coefficient (Wildman–Crippen LogP) is 8.61. The van der Waals surface area contributed by atoms with Crippen LogP contribution in [0.25, 0.3) is 11.0 Å². The fraction of sp³-hybridized carbons (Fsp3) is 0.769. The highest BCUT2D eigenvalue weighted by molar-refractivity contribution is 7.47. The molecule has 314 valence electrons. The number of phosphoric acid groups is 1. The number of amides is 1. The van der Waals surface area contributed by atoms with Crippen LogP contribution in [0.15, 0.2) is 28.9 Å². The quantitative estimate of drug-likeness (QED) is 0.0131. The van der Waals surface area contributed by atoms with Crippen molar-refractivity contribution in [3.8, 4) is 0 Å². The van der Waals surface area contributed by atoms with Crippen LogP contribution in [0, 0.1) is 10.1 Å².